The third-order valence-corrected chi connectivity index (χ3v) is 4.15. The van der Waals surface area contributed by atoms with Crippen LogP contribution in [0.15, 0.2) is 23.0 Å². The lowest BCUT2D eigenvalue weighted by atomic mass is 10.1. The van der Waals surface area contributed by atoms with Gasteiger partial charge in [-0.3, -0.25) is 14.9 Å². The molecule has 0 unspecified atom stereocenters. The molecule has 3 amide bonds. The molecule has 28 heavy (non-hydrogen) atoms. The third kappa shape index (κ3) is 4.81. The highest BCUT2D eigenvalue weighted by atomic mass is 16.5. The molecule has 0 spiro atoms. The Morgan fingerprint density at radius 3 is 2.46 bits per heavy atom. The molecule has 0 bridgehead atoms. The van der Waals surface area contributed by atoms with Gasteiger partial charge in [0.05, 0.1) is 5.69 Å². The number of aromatic nitrogens is 2. The fraction of sp³-hybridized carbons (Fsp3) is 0.316. The zero-order valence-corrected chi connectivity index (χ0v) is 16.4. The second kappa shape index (κ2) is 8.47. The number of benzene rings is 1. The van der Waals surface area contributed by atoms with E-state index in [9.17, 15) is 19.2 Å². The standard InChI is InChI=1S/C19H22N4O5/c1-10-6-7-14(11(2)8-10)20-19(27)21-15(24)9-28-18(26)16-12(3)13(4)22-23(5)17(16)25/h6-8H,9H2,1-5H3,(H2,20,21,24,27). The molecule has 0 aliphatic rings. The molecule has 0 saturated carbocycles. The number of hydrogen-bond donors (Lipinski definition) is 2. The molecule has 9 nitrogen and oxygen atoms in total. The van der Waals surface area contributed by atoms with E-state index in [1.165, 1.54) is 7.05 Å². The highest BCUT2D eigenvalue weighted by molar-refractivity contribution is 6.02. The lowest BCUT2D eigenvalue weighted by Gasteiger charge is -2.11. The number of ether oxygens (including phenoxy) is 1. The van der Waals surface area contributed by atoms with Crippen molar-refractivity contribution in [1.29, 1.82) is 0 Å². The van der Waals surface area contributed by atoms with Crippen LogP contribution in [-0.4, -0.2) is 34.3 Å². The van der Waals surface area contributed by atoms with Crippen LogP contribution in [0.1, 0.15) is 32.7 Å². The van der Waals surface area contributed by atoms with Crippen LogP contribution in [0.3, 0.4) is 0 Å². The Bertz CT molecular complexity index is 1010. The second-order valence-electron chi connectivity index (χ2n) is 6.41. The number of imide groups is 1. The number of carbonyl (C=O) groups excluding carboxylic acids is 3. The summed E-state index contributed by atoms with van der Waals surface area (Å²) in [5.74, 6) is -1.77. The maximum absolute atomic E-state index is 12.2. The molecule has 0 radical (unpaired) electrons. The first-order valence-electron chi connectivity index (χ1n) is 8.50. The molecule has 2 aromatic rings. The summed E-state index contributed by atoms with van der Waals surface area (Å²) >= 11 is 0. The largest absolute Gasteiger partial charge is 0.452 e. The molecule has 0 atom stereocenters. The number of nitrogens with one attached hydrogen (secondary N) is 2. The fourth-order valence-corrected chi connectivity index (χ4v) is 2.56. The molecule has 0 aliphatic carbocycles. The minimum absolute atomic E-state index is 0.192. The van der Waals surface area contributed by atoms with E-state index in [4.69, 9.17) is 4.74 Å². The number of rotatable bonds is 4. The number of aryl methyl sites for hydroxylation is 4. The predicted molar refractivity (Wildman–Crippen MR) is 102 cm³/mol. The third-order valence-electron chi connectivity index (χ3n) is 4.15. The Labute approximate surface area is 161 Å². The van der Waals surface area contributed by atoms with E-state index < -0.39 is 30.1 Å². The van der Waals surface area contributed by atoms with Gasteiger partial charge in [0, 0.05) is 12.7 Å². The molecule has 0 aliphatic heterocycles. The van der Waals surface area contributed by atoms with E-state index in [0.29, 0.717) is 16.9 Å². The summed E-state index contributed by atoms with van der Waals surface area (Å²) in [4.78, 5) is 48.1. The van der Waals surface area contributed by atoms with E-state index in [1.54, 1.807) is 19.9 Å². The SMILES string of the molecule is Cc1ccc(NC(=O)NC(=O)COC(=O)c2c(C)c(C)nn(C)c2=O)c(C)c1. The normalized spacial score (nSPS) is 10.3. The van der Waals surface area contributed by atoms with Crippen LogP contribution in [0.25, 0.3) is 0 Å². The van der Waals surface area contributed by atoms with Crippen LogP contribution >= 0.6 is 0 Å². The van der Waals surface area contributed by atoms with E-state index in [2.05, 4.69) is 15.7 Å². The number of urea groups is 1. The van der Waals surface area contributed by atoms with Crippen molar-refractivity contribution >= 4 is 23.6 Å². The van der Waals surface area contributed by atoms with Crippen molar-refractivity contribution < 1.29 is 19.1 Å². The van der Waals surface area contributed by atoms with E-state index in [-0.39, 0.29) is 5.56 Å². The van der Waals surface area contributed by atoms with Crippen LogP contribution in [0.5, 0.6) is 0 Å². The van der Waals surface area contributed by atoms with Crippen LogP contribution < -0.4 is 16.2 Å². The van der Waals surface area contributed by atoms with Gasteiger partial charge < -0.3 is 10.1 Å². The Balaban J connectivity index is 1.96. The fourth-order valence-electron chi connectivity index (χ4n) is 2.56. The average Bonchev–Trinajstić information content (AvgIpc) is 2.61. The van der Waals surface area contributed by atoms with Gasteiger partial charge in [-0.05, 0) is 44.9 Å². The van der Waals surface area contributed by atoms with E-state index in [1.807, 2.05) is 26.0 Å². The zero-order chi connectivity index (χ0) is 21.0. The second-order valence-corrected chi connectivity index (χ2v) is 6.41. The number of nitrogens with zero attached hydrogens (tertiary/aromatic N) is 2. The van der Waals surface area contributed by atoms with Crippen molar-refractivity contribution in [2.45, 2.75) is 27.7 Å². The number of carbonyl (C=O) groups is 3. The quantitative estimate of drug-likeness (QED) is 0.769. The molecular weight excluding hydrogens is 364 g/mol. The highest BCUT2D eigenvalue weighted by Crippen LogP contribution is 2.15. The van der Waals surface area contributed by atoms with Gasteiger partial charge in [0.25, 0.3) is 11.5 Å². The van der Waals surface area contributed by atoms with Gasteiger partial charge in [0.1, 0.15) is 5.56 Å². The molecule has 0 fully saturated rings. The van der Waals surface area contributed by atoms with Crippen molar-refractivity contribution in [2.24, 2.45) is 7.05 Å². The predicted octanol–water partition coefficient (Wildman–Crippen LogP) is 1.52. The zero-order valence-electron chi connectivity index (χ0n) is 16.4. The van der Waals surface area contributed by atoms with Crippen molar-refractivity contribution in [2.75, 3.05) is 11.9 Å². The Kier molecular flexibility index (Phi) is 6.29. The maximum Gasteiger partial charge on any atom is 0.344 e. The maximum atomic E-state index is 12.2. The van der Waals surface area contributed by atoms with Gasteiger partial charge in [-0.25, -0.2) is 14.3 Å². The van der Waals surface area contributed by atoms with E-state index in [0.717, 1.165) is 15.8 Å². The van der Waals surface area contributed by atoms with Crippen molar-refractivity contribution in [3.05, 3.63) is 56.5 Å². The van der Waals surface area contributed by atoms with Gasteiger partial charge in [-0.1, -0.05) is 17.7 Å². The number of hydrogen-bond acceptors (Lipinski definition) is 6. The van der Waals surface area contributed by atoms with Crippen molar-refractivity contribution in [3.63, 3.8) is 0 Å². The molecule has 148 valence electrons. The van der Waals surface area contributed by atoms with Gasteiger partial charge in [-0.15, -0.1) is 0 Å². The summed E-state index contributed by atoms with van der Waals surface area (Å²) in [5.41, 5.74) is 2.49. The molecule has 2 rings (SSSR count). The van der Waals surface area contributed by atoms with Crippen LogP contribution in [0.4, 0.5) is 10.5 Å². The summed E-state index contributed by atoms with van der Waals surface area (Å²) < 4.78 is 5.90. The lowest BCUT2D eigenvalue weighted by Crippen LogP contribution is -2.38. The summed E-state index contributed by atoms with van der Waals surface area (Å²) in [6, 6.07) is 4.68. The minimum Gasteiger partial charge on any atom is -0.452 e. The van der Waals surface area contributed by atoms with Gasteiger partial charge >= 0.3 is 12.0 Å². The summed E-state index contributed by atoms with van der Waals surface area (Å²) in [7, 11) is 1.41. The first-order chi connectivity index (χ1) is 13.1. The summed E-state index contributed by atoms with van der Waals surface area (Å²) in [6.45, 7) is 6.26. The molecule has 2 N–H and O–H groups in total. The van der Waals surface area contributed by atoms with Crippen molar-refractivity contribution in [1.82, 2.24) is 15.1 Å². The minimum atomic E-state index is -0.950. The van der Waals surface area contributed by atoms with Gasteiger partial charge in [0.15, 0.2) is 6.61 Å². The van der Waals surface area contributed by atoms with Crippen LogP contribution in [0.2, 0.25) is 0 Å². The average molecular weight is 386 g/mol. The van der Waals surface area contributed by atoms with Crippen LogP contribution in [-0.2, 0) is 16.6 Å². The Morgan fingerprint density at radius 1 is 1.14 bits per heavy atom. The number of anilines is 1. The van der Waals surface area contributed by atoms with E-state index >= 15 is 0 Å². The molecule has 1 aromatic heterocycles. The molecule has 0 saturated heterocycles. The molecule has 1 heterocycles. The Hall–Kier alpha value is -3.49. The number of esters is 1. The highest BCUT2D eigenvalue weighted by Gasteiger charge is 2.20. The Morgan fingerprint density at radius 2 is 1.82 bits per heavy atom. The number of amides is 3. The monoisotopic (exact) mass is 386 g/mol. The van der Waals surface area contributed by atoms with Crippen molar-refractivity contribution in [3.8, 4) is 0 Å². The molecule has 1 aromatic carbocycles. The summed E-state index contributed by atoms with van der Waals surface area (Å²) in [5, 5.41) is 8.58. The topological polar surface area (TPSA) is 119 Å². The molecular formula is C19H22N4O5. The lowest BCUT2D eigenvalue weighted by molar-refractivity contribution is -0.123. The smallest absolute Gasteiger partial charge is 0.344 e. The van der Waals surface area contributed by atoms with Gasteiger partial charge in [-0.2, -0.15) is 5.10 Å². The first-order valence-corrected chi connectivity index (χ1v) is 8.50. The van der Waals surface area contributed by atoms with Gasteiger partial charge in [0.2, 0.25) is 0 Å². The summed E-state index contributed by atoms with van der Waals surface area (Å²) in [6.07, 6.45) is 0. The molecule has 9 heteroatoms. The van der Waals surface area contributed by atoms with Crippen LogP contribution in [0, 0.1) is 27.7 Å². The first kappa shape index (κ1) is 20.8.